The number of allylic oxidation sites excluding steroid dienone is 10. The highest BCUT2D eigenvalue weighted by molar-refractivity contribution is 6.37. The van der Waals surface area contributed by atoms with Gasteiger partial charge in [-0.25, -0.2) is 0 Å². The zero-order valence-electron chi connectivity index (χ0n) is 33.1. The number of carbonyl (C=O) groups excluding carboxylic acids is 2. The smallest absolute Gasteiger partial charge is 0.186 e. The molecule has 0 heterocycles. The van der Waals surface area contributed by atoms with Crippen molar-refractivity contribution in [3.8, 4) is 11.1 Å². The summed E-state index contributed by atoms with van der Waals surface area (Å²) >= 11 is 13.7. The minimum atomic E-state index is -0.310. The quantitative estimate of drug-likeness (QED) is 0.286. The van der Waals surface area contributed by atoms with Crippen LogP contribution in [0.15, 0.2) is 115 Å². The third kappa shape index (κ3) is 9.31. The van der Waals surface area contributed by atoms with Crippen LogP contribution < -0.4 is 0 Å². The molecule has 274 valence electrons. The van der Waals surface area contributed by atoms with Gasteiger partial charge in [-0.05, 0) is 106 Å². The lowest BCUT2D eigenvalue weighted by Crippen LogP contribution is -2.27. The van der Waals surface area contributed by atoms with Crippen LogP contribution in [0, 0.1) is 35.5 Å². The summed E-state index contributed by atoms with van der Waals surface area (Å²) < 4.78 is 0. The summed E-state index contributed by atoms with van der Waals surface area (Å²) in [6, 6.07) is 7.47. The number of hydrogen-bond donors (Lipinski definition) is 0. The van der Waals surface area contributed by atoms with Gasteiger partial charge in [-0.2, -0.15) is 20.5 Å². The van der Waals surface area contributed by atoms with E-state index in [9.17, 15) is 9.59 Å². The Bertz CT molecular complexity index is 1850. The number of azo groups is 2. The van der Waals surface area contributed by atoms with E-state index in [0.717, 1.165) is 55.7 Å². The molecule has 2 aromatic carbocycles. The Kier molecular flexibility index (Phi) is 11.6. The molecule has 6 nitrogen and oxygen atoms in total. The van der Waals surface area contributed by atoms with Gasteiger partial charge in [0.25, 0.3) is 0 Å². The molecule has 4 rings (SSSR count). The second-order valence-electron chi connectivity index (χ2n) is 17.8. The second-order valence-corrected chi connectivity index (χ2v) is 18.6. The van der Waals surface area contributed by atoms with Gasteiger partial charge in [-0.3, -0.25) is 9.59 Å². The number of hydrogen-bond acceptors (Lipinski definition) is 6. The van der Waals surface area contributed by atoms with E-state index >= 15 is 0 Å². The van der Waals surface area contributed by atoms with Crippen LogP contribution in [0.2, 0.25) is 10.0 Å². The van der Waals surface area contributed by atoms with E-state index in [4.69, 9.17) is 23.2 Å². The van der Waals surface area contributed by atoms with Crippen molar-refractivity contribution in [2.45, 2.75) is 96.9 Å². The van der Waals surface area contributed by atoms with Gasteiger partial charge in [0.15, 0.2) is 11.6 Å². The first-order valence-electron chi connectivity index (χ1n) is 17.6. The lowest BCUT2D eigenvalue weighted by Gasteiger charge is -2.31. The van der Waals surface area contributed by atoms with Crippen LogP contribution in [0.4, 0.5) is 11.4 Å². The number of rotatable bonds is 5. The maximum Gasteiger partial charge on any atom is 0.186 e. The van der Waals surface area contributed by atoms with Crippen LogP contribution in [0.25, 0.3) is 11.1 Å². The highest BCUT2D eigenvalue weighted by atomic mass is 35.5. The zero-order chi connectivity index (χ0) is 39.1. The van der Waals surface area contributed by atoms with Crippen molar-refractivity contribution in [1.29, 1.82) is 0 Å². The van der Waals surface area contributed by atoms with E-state index in [1.807, 2.05) is 133 Å². The Morgan fingerprint density at radius 3 is 1.00 bits per heavy atom. The number of Topliss-reactive ketones (excluding diaryl/α,β-unsaturated/α-hetero) is 2. The predicted molar refractivity (Wildman–Crippen MR) is 217 cm³/mol. The average Bonchev–Trinajstić information content (AvgIpc) is 2.99. The van der Waals surface area contributed by atoms with Crippen LogP contribution in [0.5, 0.6) is 0 Å². The molecule has 0 amide bonds. The Hall–Kier alpha value is -4.00. The Morgan fingerprint density at radius 2 is 0.750 bits per heavy atom. The van der Waals surface area contributed by atoms with Crippen molar-refractivity contribution >= 4 is 46.1 Å². The number of carbonyl (C=O) groups is 2. The van der Waals surface area contributed by atoms with Crippen LogP contribution in [-0.4, -0.2) is 11.6 Å². The van der Waals surface area contributed by atoms with Gasteiger partial charge in [0.1, 0.15) is 0 Å². The minimum absolute atomic E-state index is 0.0760. The van der Waals surface area contributed by atoms with E-state index < -0.39 is 0 Å². The van der Waals surface area contributed by atoms with Gasteiger partial charge in [0.05, 0.1) is 33.8 Å². The molecule has 0 N–H and O–H groups in total. The summed E-state index contributed by atoms with van der Waals surface area (Å²) in [5, 5.41) is 18.7. The van der Waals surface area contributed by atoms with Gasteiger partial charge in [-0.15, -0.1) is 0 Å². The Labute approximate surface area is 320 Å². The van der Waals surface area contributed by atoms with Gasteiger partial charge >= 0.3 is 0 Å². The van der Waals surface area contributed by atoms with Gasteiger partial charge in [0.2, 0.25) is 0 Å². The standard InChI is InChI=1S/C44H52Cl2N4O2/c1-25-15-29(35(45)21-37(25)49-47-23-27-17-31(41(3,4)5)39(51)32(18-27)42(6,7)8)30-16-26(2)38(22-36(30)46)50-48-24-28-19-33(43(9,10)11)40(52)34(20-28)44(12,13)14/h15-24H,1-14H3/b49-47+,50-48+. The minimum Gasteiger partial charge on any atom is -0.289 e. The van der Waals surface area contributed by atoms with Crippen LogP contribution >= 0.6 is 23.2 Å². The average molecular weight is 740 g/mol. The van der Waals surface area contributed by atoms with Crippen LogP contribution in [-0.2, 0) is 9.59 Å². The molecule has 0 aliphatic heterocycles. The van der Waals surface area contributed by atoms with Crippen LogP contribution in [0.3, 0.4) is 0 Å². The summed E-state index contributed by atoms with van der Waals surface area (Å²) in [6.45, 7) is 28.4. The zero-order valence-corrected chi connectivity index (χ0v) is 34.6. The summed E-state index contributed by atoms with van der Waals surface area (Å²) in [5.74, 6) is 0.152. The Morgan fingerprint density at radius 1 is 0.481 bits per heavy atom. The monoisotopic (exact) mass is 738 g/mol. The molecule has 0 bridgehead atoms. The summed E-state index contributed by atoms with van der Waals surface area (Å²) in [6.07, 6.45) is 11.0. The fourth-order valence-electron chi connectivity index (χ4n) is 5.97. The van der Waals surface area contributed by atoms with Gasteiger partial charge in [0, 0.05) is 33.4 Å². The van der Waals surface area contributed by atoms with E-state index in [2.05, 4.69) is 20.5 Å². The van der Waals surface area contributed by atoms with Crippen LogP contribution in [0.1, 0.15) is 94.2 Å². The molecule has 0 fully saturated rings. The first-order valence-corrected chi connectivity index (χ1v) is 18.4. The van der Waals surface area contributed by atoms with Gasteiger partial charge in [-0.1, -0.05) is 106 Å². The highest BCUT2D eigenvalue weighted by Crippen LogP contribution is 2.42. The topological polar surface area (TPSA) is 83.6 Å². The maximum absolute atomic E-state index is 13.3. The molecule has 2 aliphatic carbocycles. The summed E-state index contributed by atoms with van der Waals surface area (Å²) in [7, 11) is 0. The van der Waals surface area contributed by atoms with Crippen molar-refractivity contribution in [3.05, 3.63) is 116 Å². The molecule has 0 spiro atoms. The lowest BCUT2D eigenvalue weighted by molar-refractivity contribution is -0.114. The molecule has 0 aromatic heterocycles. The van der Waals surface area contributed by atoms with E-state index in [1.165, 1.54) is 0 Å². The third-order valence-electron chi connectivity index (χ3n) is 9.06. The number of nitrogens with zero attached hydrogens (tertiary/aromatic N) is 4. The number of benzene rings is 2. The molecule has 2 aromatic rings. The predicted octanol–water partition coefficient (Wildman–Crippen LogP) is 14.3. The number of ketones is 2. The van der Waals surface area contributed by atoms with E-state index in [1.54, 1.807) is 24.5 Å². The number of halogens is 2. The first-order chi connectivity index (χ1) is 23.8. The molecule has 0 saturated carbocycles. The lowest BCUT2D eigenvalue weighted by atomic mass is 9.72. The second kappa shape index (κ2) is 14.8. The molecular weight excluding hydrogens is 687 g/mol. The van der Waals surface area contributed by atoms with Crippen molar-refractivity contribution in [2.24, 2.45) is 42.1 Å². The highest BCUT2D eigenvalue weighted by Gasteiger charge is 2.35. The molecule has 52 heavy (non-hydrogen) atoms. The van der Waals surface area contributed by atoms with Gasteiger partial charge < -0.3 is 0 Å². The van der Waals surface area contributed by atoms with Crippen molar-refractivity contribution in [3.63, 3.8) is 0 Å². The Balaban J connectivity index is 1.63. The first kappa shape index (κ1) is 40.8. The molecule has 8 heteroatoms. The molecule has 0 atom stereocenters. The van der Waals surface area contributed by atoms with E-state index in [-0.39, 0.29) is 33.2 Å². The van der Waals surface area contributed by atoms with Crippen molar-refractivity contribution in [2.75, 3.05) is 0 Å². The maximum atomic E-state index is 13.3. The third-order valence-corrected chi connectivity index (χ3v) is 9.69. The SMILES string of the molecule is Cc1cc(-c2cc(C)c(/N=N/C=C3C=C(C(C)(C)C)C(=O)C(C(C)(C)C)=C3)cc2Cl)c(Cl)cc1/N=N/C=C1C=C(C(C)(C)C)C(=O)C(C(C)(C)C)=C1. The molecule has 2 aliphatic rings. The summed E-state index contributed by atoms with van der Waals surface area (Å²) in [5.41, 5.74) is 7.94. The van der Waals surface area contributed by atoms with E-state index in [0.29, 0.717) is 21.4 Å². The number of aryl methyl sites for hydroxylation is 2. The van der Waals surface area contributed by atoms with Crippen molar-refractivity contribution < 1.29 is 9.59 Å². The fourth-order valence-corrected chi connectivity index (χ4v) is 6.49. The molecule has 0 radical (unpaired) electrons. The largest absolute Gasteiger partial charge is 0.289 e. The fraction of sp³-hybridized carbons (Fsp3) is 0.409. The normalized spacial score (nSPS) is 16.4. The molecular formula is C44H52Cl2N4O2. The molecule has 0 saturated heterocycles. The molecule has 0 unspecified atom stereocenters. The summed E-state index contributed by atoms with van der Waals surface area (Å²) in [4.78, 5) is 26.6. The van der Waals surface area contributed by atoms with Crippen molar-refractivity contribution in [1.82, 2.24) is 0 Å².